The third-order valence-electron chi connectivity index (χ3n) is 5.57. The molecule has 0 saturated carbocycles. The number of hydrogen-bond donors (Lipinski definition) is 0. The van der Waals surface area contributed by atoms with E-state index in [0.717, 1.165) is 35.5 Å². The van der Waals surface area contributed by atoms with Crippen molar-refractivity contribution in [1.29, 1.82) is 0 Å². The Balaban J connectivity index is 1.73. The molecule has 1 fully saturated rings. The molecule has 29 heavy (non-hydrogen) atoms. The van der Waals surface area contributed by atoms with Gasteiger partial charge in [-0.25, -0.2) is 0 Å². The number of ether oxygens (including phenoxy) is 2. The molecule has 0 radical (unpaired) electrons. The molecule has 1 saturated heterocycles. The van der Waals surface area contributed by atoms with Crippen molar-refractivity contribution < 1.29 is 22.6 Å². The van der Waals surface area contributed by atoms with Crippen molar-refractivity contribution in [3.63, 3.8) is 0 Å². The summed E-state index contributed by atoms with van der Waals surface area (Å²) in [4.78, 5) is 14.7. The van der Waals surface area contributed by atoms with E-state index in [9.17, 15) is 18.0 Å². The molecule has 2 aliphatic rings. The molecule has 0 bridgehead atoms. The Labute approximate surface area is 166 Å². The molecule has 5 nitrogen and oxygen atoms in total. The number of pyridine rings is 1. The molecule has 0 unspecified atom stereocenters. The molecule has 1 aromatic carbocycles. The minimum absolute atomic E-state index is 0.0618. The molecule has 0 aliphatic carbocycles. The van der Waals surface area contributed by atoms with Crippen molar-refractivity contribution in [2.24, 2.45) is 0 Å². The second kappa shape index (κ2) is 7.40. The molecule has 1 aromatic heterocycles. The fourth-order valence-electron chi connectivity index (χ4n) is 4.11. The van der Waals surface area contributed by atoms with Crippen molar-refractivity contribution in [2.45, 2.75) is 45.1 Å². The highest BCUT2D eigenvalue weighted by Crippen LogP contribution is 2.36. The zero-order valence-corrected chi connectivity index (χ0v) is 16.4. The van der Waals surface area contributed by atoms with Gasteiger partial charge in [0.2, 0.25) is 0 Å². The van der Waals surface area contributed by atoms with Crippen LogP contribution in [0.5, 0.6) is 5.75 Å². The van der Waals surface area contributed by atoms with E-state index in [1.165, 1.54) is 6.07 Å². The number of aryl methyl sites for hydroxylation is 1. The van der Waals surface area contributed by atoms with Crippen LogP contribution in [0.1, 0.15) is 24.0 Å². The Morgan fingerprint density at radius 2 is 2.10 bits per heavy atom. The van der Waals surface area contributed by atoms with Crippen molar-refractivity contribution in [2.75, 3.05) is 25.2 Å². The maximum absolute atomic E-state index is 12.7. The van der Waals surface area contributed by atoms with Crippen LogP contribution in [0.15, 0.2) is 29.1 Å². The quantitative estimate of drug-likeness (QED) is 0.770. The average molecular weight is 408 g/mol. The van der Waals surface area contributed by atoms with Crippen LogP contribution in [-0.2, 0) is 17.7 Å². The molecule has 2 aliphatic heterocycles. The van der Waals surface area contributed by atoms with Gasteiger partial charge in [0.05, 0.1) is 5.69 Å². The summed E-state index contributed by atoms with van der Waals surface area (Å²) in [5.41, 5.74) is 3.10. The maximum Gasteiger partial charge on any atom is 0.422 e. The van der Waals surface area contributed by atoms with Gasteiger partial charge in [-0.05, 0) is 49.9 Å². The van der Waals surface area contributed by atoms with Gasteiger partial charge in [0.1, 0.15) is 17.8 Å². The first kappa shape index (κ1) is 19.8. The van der Waals surface area contributed by atoms with Gasteiger partial charge in [0.25, 0.3) is 0 Å². The second-order valence-corrected chi connectivity index (χ2v) is 7.54. The molecule has 1 atom stereocenters. The molecule has 0 N–H and O–H groups in total. The molecule has 0 amide bonds. The van der Waals surface area contributed by atoms with Crippen LogP contribution in [0.2, 0.25) is 0 Å². The van der Waals surface area contributed by atoms with Crippen LogP contribution in [0, 0.1) is 6.92 Å². The minimum Gasteiger partial charge on any atom is -0.484 e. The van der Waals surface area contributed by atoms with E-state index in [4.69, 9.17) is 9.47 Å². The number of anilines is 1. The summed E-state index contributed by atoms with van der Waals surface area (Å²) in [6, 6.07) is 6.56. The molecule has 156 valence electrons. The Kier molecular flexibility index (Phi) is 5.06. The Bertz CT molecular complexity index is 978. The number of benzene rings is 1. The van der Waals surface area contributed by atoms with E-state index in [1.54, 1.807) is 25.1 Å². The lowest BCUT2D eigenvalue weighted by Crippen LogP contribution is -2.35. The monoisotopic (exact) mass is 408 g/mol. The summed E-state index contributed by atoms with van der Waals surface area (Å²) in [6.07, 6.45) is -1.91. The van der Waals surface area contributed by atoms with E-state index >= 15 is 0 Å². The molecular formula is C21H23F3N2O3. The molecule has 0 spiro atoms. The topological polar surface area (TPSA) is 43.7 Å². The molecule has 4 rings (SSSR count). The van der Waals surface area contributed by atoms with Crippen molar-refractivity contribution in [1.82, 2.24) is 4.57 Å². The summed E-state index contributed by atoms with van der Waals surface area (Å²) in [5.74, 6) is 0.979. The van der Waals surface area contributed by atoms with Gasteiger partial charge in [-0.3, -0.25) is 4.79 Å². The van der Waals surface area contributed by atoms with E-state index < -0.39 is 12.8 Å². The summed E-state index contributed by atoms with van der Waals surface area (Å²) in [7, 11) is 1.93. The van der Waals surface area contributed by atoms with Crippen LogP contribution in [0.3, 0.4) is 0 Å². The SMILES string of the molecule is Cc1c2n(c(N(C)[C@@H]3CCCO3)cc1=O)CCc1cc(OCC(F)(F)F)ccc1-2. The standard InChI is InChI=1S/C21H23F3N2O3/c1-13-17(27)11-18(25(2)19-4-3-9-28-19)26-8-7-14-10-15(29-12-21(22,23)24)5-6-16(14)20(13)26/h5-6,10-11,19H,3-4,7-9,12H2,1-2H3/t19-/m0/s1. The van der Waals surface area contributed by atoms with Gasteiger partial charge in [0, 0.05) is 37.4 Å². The second-order valence-electron chi connectivity index (χ2n) is 7.54. The van der Waals surface area contributed by atoms with Gasteiger partial charge < -0.3 is 18.9 Å². The number of nitrogens with zero attached hydrogens (tertiary/aromatic N) is 2. The summed E-state index contributed by atoms with van der Waals surface area (Å²) >= 11 is 0. The lowest BCUT2D eigenvalue weighted by molar-refractivity contribution is -0.153. The number of alkyl halides is 3. The van der Waals surface area contributed by atoms with Crippen molar-refractivity contribution in [3.05, 3.63) is 45.6 Å². The van der Waals surface area contributed by atoms with Crippen LogP contribution in [0.25, 0.3) is 11.3 Å². The molecule has 3 heterocycles. The first-order chi connectivity index (χ1) is 13.7. The number of rotatable bonds is 4. The van der Waals surface area contributed by atoms with E-state index in [2.05, 4.69) is 4.57 Å². The van der Waals surface area contributed by atoms with Gasteiger partial charge in [-0.1, -0.05) is 0 Å². The first-order valence-electron chi connectivity index (χ1n) is 9.66. The summed E-state index contributed by atoms with van der Waals surface area (Å²) in [6.45, 7) is 1.80. The lowest BCUT2D eigenvalue weighted by atomic mass is 9.94. The van der Waals surface area contributed by atoms with Gasteiger partial charge in [-0.2, -0.15) is 13.2 Å². The van der Waals surface area contributed by atoms with E-state index in [-0.39, 0.29) is 17.4 Å². The van der Waals surface area contributed by atoms with Gasteiger partial charge in [-0.15, -0.1) is 0 Å². The summed E-state index contributed by atoms with van der Waals surface area (Å²) in [5, 5.41) is 0. The fourth-order valence-corrected chi connectivity index (χ4v) is 4.11. The third kappa shape index (κ3) is 3.85. The molecule has 8 heteroatoms. The fraction of sp³-hybridized carbons (Fsp3) is 0.476. The third-order valence-corrected chi connectivity index (χ3v) is 5.57. The Hall–Kier alpha value is -2.48. The van der Waals surface area contributed by atoms with Gasteiger partial charge in [0.15, 0.2) is 12.0 Å². The number of aromatic nitrogens is 1. The predicted octanol–water partition coefficient (Wildman–Crippen LogP) is 3.89. The highest BCUT2D eigenvalue weighted by Gasteiger charge is 2.30. The van der Waals surface area contributed by atoms with Gasteiger partial charge >= 0.3 is 6.18 Å². The van der Waals surface area contributed by atoms with Crippen LogP contribution in [-0.4, -0.2) is 37.2 Å². The van der Waals surface area contributed by atoms with Crippen LogP contribution >= 0.6 is 0 Å². The predicted molar refractivity (Wildman–Crippen MR) is 104 cm³/mol. The number of hydrogen-bond acceptors (Lipinski definition) is 4. The lowest BCUT2D eigenvalue weighted by Gasteiger charge is -2.33. The normalized spacial score (nSPS) is 18.3. The Morgan fingerprint density at radius 3 is 2.79 bits per heavy atom. The minimum atomic E-state index is -4.38. The highest BCUT2D eigenvalue weighted by molar-refractivity contribution is 5.72. The van der Waals surface area contributed by atoms with Crippen LogP contribution in [0.4, 0.5) is 19.0 Å². The maximum atomic E-state index is 12.7. The zero-order valence-electron chi connectivity index (χ0n) is 16.4. The number of halogens is 3. The van der Waals surface area contributed by atoms with Crippen molar-refractivity contribution >= 4 is 5.82 Å². The van der Waals surface area contributed by atoms with E-state index in [0.29, 0.717) is 25.1 Å². The Morgan fingerprint density at radius 1 is 1.31 bits per heavy atom. The molecular weight excluding hydrogens is 385 g/mol. The van der Waals surface area contributed by atoms with E-state index in [1.807, 2.05) is 11.9 Å². The smallest absolute Gasteiger partial charge is 0.422 e. The first-order valence-corrected chi connectivity index (χ1v) is 9.66. The van der Waals surface area contributed by atoms with Crippen molar-refractivity contribution in [3.8, 4) is 17.0 Å². The highest BCUT2D eigenvalue weighted by atomic mass is 19.4. The largest absolute Gasteiger partial charge is 0.484 e. The number of fused-ring (bicyclic) bond motifs is 3. The summed E-state index contributed by atoms with van der Waals surface area (Å²) < 4.78 is 50.1. The van der Waals surface area contributed by atoms with Crippen LogP contribution < -0.4 is 15.1 Å². The molecule has 2 aromatic rings. The average Bonchev–Trinajstić information content (AvgIpc) is 3.22. The zero-order chi connectivity index (χ0) is 20.8.